The Bertz CT molecular complexity index is 1250. The third-order valence-corrected chi connectivity index (χ3v) is 6.07. The summed E-state index contributed by atoms with van der Waals surface area (Å²) in [5, 5.41) is 2.15. The highest BCUT2D eigenvalue weighted by Crippen LogP contribution is 2.39. The van der Waals surface area contributed by atoms with Crippen molar-refractivity contribution in [1.29, 1.82) is 0 Å². The van der Waals surface area contributed by atoms with Crippen LogP contribution in [0.15, 0.2) is 48.0 Å². The molecule has 2 heterocycles. The van der Waals surface area contributed by atoms with Crippen molar-refractivity contribution in [3.05, 3.63) is 65.0 Å². The average Bonchev–Trinajstić information content (AvgIpc) is 2.75. The fourth-order valence-electron chi connectivity index (χ4n) is 4.08. The van der Waals surface area contributed by atoms with Gasteiger partial charge in [-0.25, -0.2) is 14.1 Å². The van der Waals surface area contributed by atoms with Gasteiger partial charge in [0.2, 0.25) is 0 Å². The van der Waals surface area contributed by atoms with E-state index in [0.717, 1.165) is 16.0 Å². The maximum Gasteiger partial charge on any atom is 0.335 e. The third kappa shape index (κ3) is 3.77. The summed E-state index contributed by atoms with van der Waals surface area (Å²) in [7, 11) is 3.38. The van der Waals surface area contributed by atoms with E-state index in [9.17, 15) is 14.4 Å². The molecule has 2 aliphatic rings. The van der Waals surface area contributed by atoms with Crippen molar-refractivity contribution in [3.63, 3.8) is 0 Å². The van der Waals surface area contributed by atoms with Crippen molar-refractivity contribution < 1.29 is 23.5 Å². The Morgan fingerprint density at radius 2 is 1.76 bits per heavy atom. The van der Waals surface area contributed by atoms with Crippen LogP contribution in [0.5, 0.6) is 5.75 Å². The van der Waals surface area contributed by atoms with Gasteiger partial charge in [0.15, 0.2) is 0 Å². The van der Waals surface area contributed by atoms with Crippen molar-refractivity contribution in [2.75, 3.05) is 24.0 Å². The second-order valence-corrected chi connectivity index (χ2v) is 8.59. The van der Waals surface area contributed by atoms with Crippen LogP contribution in [0.1, 0.15) is 31.9 Å². The molecule has 170 valence electrons. The second kappa shape index (κ2) is 7.88. The summed E-state index contributed by atoms with van der Waals surface area (Å²) in [6.45, 7) is 6.00. The molecule has 7 nitrogen and oxygen atoms in total. The number of nitrogens with one attached hydrogen (secondary N) is 1. The lowest BCUT2D eigenvalue weighted by Gasteiger charge is -2.40. The van der Waals surface area contributed by atoms with E-state index in [1.165, 1.54) is 31.4 Å². The molecule has 2 aromatic carbocycles. The number of nitrogens with zero attached hydrogens (tertiary/aromatic N) is 2. The predicted octanol–water partition coefficient (Wildman–Crippen LogP) is 4.13. The minimum absolute atomic E-state index is 0.0807. The molecule has 0 unspecified atom stereocenters. The van der Waals surface area contributed by atoms with E-state index in [1.807, 2.05) is 32.7 Å². The molecule has 0 spiro atoms. The van der Waals surface area contributed by atoms with Crippen LogP contribution in [0.3, 0.4) is 0 Å². The number of fused-ring (bicyclic) bond motifs is 1. The SMILES string of the molecule is COc1ccc(N2C(=O)NC(=O)/C(=C/c3cc4c(cc3F)N(C)C(C)(C)C=C4C)C2=O)cc1. The monoisotopic (exact) mass is 449 g/mol. The van der Waals surface area contributed by atoms with E-state index in [-0.39, 0.29) is 22.4 Å². The maximum atomic E-state index is 15.1. The lowest BCUT2D eigenvalue weighted by atomic mass is 9.88. The van der Waals surface area contributed by atoms with Crippen LogP contribution >= 0.6 is 0 Å². The van der Waals surface area contributed by atoms with E-state index in [2.05, 4.69) is 11.4 Å². The van der Waals surface area contributed by atoms with Crippen molar-refractivity contribution in [2.24, 2.45) is 0 Å². The lowest BCUT2D eigenvalue weighted by Crippen LogP contribution is -2.54. The quantitative estimate of drug-likeness (QED) is 0.563. The Morgan fingerprint density at radius 3 is 2.39 bits per heavy atom. The molecular weight excluding hydrogens is 425 g/mol. The Hall–Kier alpha value is -3.94. The van der Waals surface area contributed by atoms with Crippen LogP contribution in [0.4, 0.5) is 20.6 Å². The van der Waals surface area contributed by atoms with Crippen LogP contribution in [0.25, 0.3) is 11.6 Å². The van der Waals surface area contributed by atoms with E-state index >= 15 is 4.39 Å². The zero-order valence-electron chi connectivity index (χ0n) is 19.0. The molecule has 0 aliphatic carbocycles. The number of ether oxygens (including phenoxy) is 1. The second-order valence-electron chi connectivity index (χ2n) is 8.59. The molecule has 0 atom stereocenters. The molecule has 33 heavy (non-hydrogen) atoms. The minimum atomic E-state index is -0.877. The number of likely N-dealkylation sites (N-methyl/N-ethyl adjacent to an activating group) is 1. The van der Waals surface area contributed by atoms with Gasteiger partial charge in [-0.2, -0.15) is 0 Å². The summed E-state index contributed by atoms with van der Waals surface area (Å²) in [5.74, 6) is -1.75. The lowest BCUT2D eigenvalue weighted by molar-refractivity contribution is -0.122. The number of hydrogen-bond acceptors (Lipinski definition) is 5. The van der Waals surface area contributed by atoms with Gasteiger partial charge in [-0.15, -0.1) is 0 Å². The maximum absolute atomic E-state index is 15.1. The zero-order chi connectivity index (χ0) is 24.1. The number of anilines is 2. The highest BCUT2D eigenvalue weighted by atomic mass is 19.1. The molecule has 2 aliphatic heterocycles. The van der Waals surface area contributed by atoms with Gasteiger partial charge in [-0.1, -0.05) is 6.08 Å². The van der Waals surface area contributed by atoms with Gasteiger partial charge < -0.3 is 9.64 Å². The summed E-state index contributed by atoms with van der Waals surface area (Å²) in [5.41, 5.74) is 2.19. The molecule has 0 radical (unpaired) electrons. The van der Waals surface area contributed by atoms with Crippen LogP contribution in [-0.4, -0.2) is 37.5 Å². The van der Waals surface area contributed by atoms with Crippen molar-refractivity contribution in [2.45, 2.75) is 26.3 Å². The first kappa shape index (κ1) is 22.3. The molecule has 8 heteroatoms. The Kier molecular flexibility index (Phi) is 5.32. The first-order chi connectivity index (χ1) is 15.5. The Balaban J connectivity index is 1.76. The number of allylic oxidation sites excluding steroid dienone is 1. The van der Waals surface area contributed by atoms with Gasteiger partial charge in [0.05, 0.1) is 18.3 Å². The number of imide groups is 2. The number of barbiturate groups is 1. The number of hydrogen-bond donors (Lipinski definition) is 1. The van der Waals surface area contributed by atoms with E-state index < -0.39 is 23.7 Å². The molecule has 1 saturated heterocycles. The fourth-order valence-corrected chi connectivity index (χ4v) is 4.08. The van der Waals surface area contributed by atoms with Crippen LogP contribution in [0.2, 0.25) is 0 Å². The van der Waals surface area contributed by atoms with Crippen LogP contribution < -0.4 is 19.9 Å². The van der Waals surface area contributed by atoms with Gasteiger partial charge >= 0.3 is 6.03 Å². The smallest absolute Gasteiger partial charge is 0.335 e. The van der Waals surface area contributed by atoms with Crippen molar-refractivity contribution in [3.8, 4) is 5.75 Å². The van der Waals surface area contributed by atoms with Crippen LogP contribution in [-0.2, 0) is 9.59 Å². The molecular formula is C25H24FN3O4. The van der Waals surface area contributed by atoms with Gasteiger partial charge in [0.25, 0.3) is 11.8 Å². The summed E-state index contributed by atoms with van der Waals surface area (Å²) >= 11 is 0. The minimum Gasteiger partial charge on any atom is -0.497 e. The van der Waals surface area contributed by atoms with E-state index in [4.69, 9.17) is 4.74 Å². The first-order valence-electron chi connectivity index (χ1n) is 10.4. The summed E-state index contributed by atoms with van der Waals surface area (Å²) < 4.78 is 20.2. The molecule has 2 aromatic rings. The van der Waals surface area contributed by atoms with Gasteiger partial charge in [-0.3, -0.25) is 14.9 Å². The molecule has 0 saturated carbocycles. The number of methoxy groups -OCH3 is 1. The third-order valence-electron chi connectivity index (χ3n) is 6.07. The molecule has 0 aromatic heterocycles. The first-order valence-corrected chi connectivity index (χ1v) is 10.4. The van der Waals surface area contributed by atoms with Gasteiger partial charge in [0, 0.05) is 23.9 Å². The number of halogens is 1. The van der Waals surface area contributed by atoms with Crippen LogP contribution in [0, 0.1) is 5.82 Å². The van der Waals surface area contributed by atoms with Crippen molar-refractivity contribution in [1.82, 2.24) is 5.32 Å². The molecule has 4 rings (SSSR count). The predicted molar refractivity (Wildman–Crippen MR) is 125 cm³/mol. The highest BCUT2D eigenvalue weighted by molar-refractivity contribution is 6.39. The molecule has 0 bridgehead atoms. The highest BCUT2D eigenvalue weighted by Gasteiger charge is 2.37. The normalized spacial score (nSPS) is 18.8. The summed E-state index contributed by atoms with van der Waals surface area (Å²) in [4.78, 5) is 40.8. The molecule has 1 fully saturated rings. The van der Waals surface area contributed by atoms with E-state index in [0.29, 0.717) is 11.4 Å². The molecule has 1 N–H and O–H groups in total. The summed E-state index contributed by atoms with van der Waals surface area (Å²) in [6.07, 6.45) is 3.26. The van der Waals surface area contributed by atoms with Crippen molar-refractivity contribution >= 4 is 40.9 Å². The largest absolute Gasteiger partial charge is 0.497 e. The standard InChI is InChI=1S/C25H24FN3O4/c1-14-13-25(2,3)28(4)21-12-20(26)15(10-18(14)21)11-19-22(30)27-24(32)29(23(19)31)16-6-8-17(33-5)9-7-16/h6-13H,1-5H3,(H,27,30,32)/b19-11-. The summed E-state index contributed by atoms with van der Waals surface area (Å²) in [6, 6.07) is 8.37. The Labute approximate surface area is 191 Å². The van der Waals surface area contributed by atoms with Gasteiger partial charge in [0.1, 0.15) is 17.1 Å². The topological polar surface area (TPSA) is 79.0 Å². The van der Waals surface area contributed by atoms with E-state index in [1.54, 1.807) is 18.2 Å². The number of urea groups is 1. The number of amides is 4. The van der Waals surface area contributed by atoms with Gasteiger partial charge in [-0.05, 0) is 68.8 Å². The average molecular weight is 449 g/mol. The fraction of sp³-hybridized carbons (Fsp3) is 0.240. The number of rotatable bonds is 3. The number of carbonyl (C=O) groups is 3. The number of carbonyl (C=O) groups excluding carboxylic acids is 3. The molecule has 4 amide bonds. The Morgan fingerprint density at radius 1 is 1.09 bits per heavy atom. The zero-order valence-corrected chi connectivity index (χ0v) is 19.0. The number of benzene rings is 2.